The summed E-state index contributed by atoms with van der Waals surface area (Å²) in [5, 5.41) is 0. The highest BCUT2D eigenvalue weighted by Crippen LogP contribution is 2.22. The van der Waals surface area contributed by atoms with E-state index >= 15 is 0 Å². The summed E-state index contributed by atoms with van der Waals surface area (Å²) in [7, 11) is 1.85. The highest BCUT2D eigenvalue weighted by molar-refractivity contribution is 7.92. The number of hydrogen-bond donors (Lipinski definition) is 0. The Morgan fingerprint density at radius 1 is 0.840 bits per heavy atom. The van der Waals surface area contributed by atoms with E-state index in [0.29, 0.717) is 11.4 Å². The number of likely N-dealkylation sites (N-methyl/N-ethyl adjacent to an activating group) is 1. The molecule has 0 spiro atoms. The minimum Gasteiger partial charge on any atom is -0.378 e. The number of sulfonamides is 1. The van der Waals surface area contributed by atoms with Gasteiger partial charge in [-0.3, -0.25) is 9.10 Å². The molecule has 0 fully saturated rings. The molecule has 1 amide bonds. The van der Waals surface area contributed by atoms with Gasteiger partial charge >= 0.3 is 0 Å². The Morgan fingerprint density at radius 2 is 1.36 bits per heavy atom. The lowest BCUT2D eigenvalue weighted by Gasteiger charge is -2.25. The van der Waals surface area contributed by atoms with E-state index in [0.717, 1.165) is 16.2 Å². The number of carbonyl (C=O) groups is 1. The van der Waals surface area contributed by atoms with E-state index in [4.69, 9.17) is 0 Å². The second-order valence-electron chi connectivity index (χ2n) is 5.97. The molecule has 2 aromatic carbocycles. The molecule has 2 rings (SSSR count). The van der Waals surface area contributed by atoms with E-state index in [9.17, 15) is 13.2 Å². The van der Waals surface area contributed by atoms with Crippen LogP contribution in [0.2, 0.25) is 0 Å². The molecule has 0 aliphatic heterocycles. The molecule has 0 saturated heterocycles. The third-order valence-electron chi connectivity index (χ3n) is 3.85. The van der Waals surface area contributed by atoms with Crippen molar-refractivity contribution in [2.75, 3.05) is 48.0 Å². The number of carbonyl (C=O) groups excluding carboxylic acids is 1. The van der Waals surface area contributed by atoms with Crippen molar-refractivity contribution < 1.29 is 13.2 Å². The van der Waals surface area contributed by atoms with Crippen LogP contribution in [0.25, 0.3) is 0 Å². The molecule has 0 heterocycles. The first-order valence-electron chi connectivity index (χ1n) is 7.77. The molecule has 0 aliphatic carbocycles. The van der Waals surface area contributed by atoms with Crippen molar-refractivity contribution in [3.05, 3.63) is 54.6 Å². The van der Waals surface area contributed by atoms with E-state index in [-0.39, 0.29) is 12.5 Å². The lowest BCUT2D eigenvalue weighted by molar-refractivity contribution is -0.116. The predicted molar refractivity (Wildman–Crippen MR) is 103 cm³/mol. The van der Waals surface area contributed by atoms with E-state index in [2.05, 4.69) is 0 Å². The third kappa shape index (κ3) is 4.73. The second kappa shape index (κ2) is 7.57. The zero-order valence-electron chi connectivity index (χ0n) is 14.9. The second-order valence-corrected chi connectivity index (χ2v) is 7.88. The molecular formula is C18H23N3O3S. The summed E-state index contributed by atoms with van der Waals surface area (Å²) in [4.78, 5) is 15.9. The van der Waals surface area contributed by atoms with Crippen molar-refractivity contribution in [1.29, 1.82) is 0 Å². The molecule has 0 saturated carbocycles. The van der Waals surface area contributed by atoms with Crippen LogP contribution >= 0.6 is 0 Å². The lowest BCUT2D eigenvalue weighted by atomic mass is 10.2. The molecule has 0 bridgehead atoms. The molecule has 0 unspecified atom stereocenters. The molecule has 0 aromatic heterocycles. The topological polar surface area (TPSA) is 60.9 Å². The summed E-state index contributed by atoms with van der Waals surface area (Å²) < 4.78 is 25.5. The summed E-state index contributed by atoms with van der Waals surface area (Å²) in [6, 6.07) is 16.1. The number of para-hydroxylation sites is 1. The highest BCUT2D eigenvalue weighted by atomic mass is 32.2. The molecule has 0 radical (unpaired) electrons. The van der Waals surface area contributed by atoms with Crippen molar-refractivity contribution in [3.8, 4) is 0 Å². The first kappa shape index (κ1) is 18.8. The van der Waals surface area contributed by atoms with Crippen LogP contribution in [0, 0.1) is 0 Å². The molecule has 0 aliphatic rings. The van der Waals surface area contributed by atoms with Crippen LogP contribution in [0.1, 0.15) is 0 Å². The number of hydrogen-bond acceptors (Lipinski definition) is 4. The highest BCUT2D eigenvalue weighted by Gasteiger charge is 2.23. The lowest BCUT2D eigenvalue weighted by Crippen LogP contribution is -2.41. The summed E-state index contributed by atoms with van der Waals surface area (Å²) in [5.41, 5.74) is 2.12. The Hall–Kier alpha value is -2.54. The maximum atomic E-state index is 12.6. The van der Waals surface area contributed by atoms with Gasteiger partial charge in [-0.15, -0.1) is 0 Å². The summed E-state index contributed by atoms with van der Waals surface area (Å²) in [5.74, 6) is -0.312. The fourth-order valence-corrected chi connectivity index (χ4v) is 3.19. The van der Waals surface area contributed by atoms with Gasteiger partial charge in [-0.2, -0.15) is 0 Å². The van der Waals surface area contributed by atoms with Gasteiger partial charge in [-0.05, 0) is 36.4 Å². The normalized spacial score (nSPS) is 11.0. The summed E-state index contributed by atoms with van der Waals surface area (Å²) >= 11 is 0. The third-order valence-corrected chi connectivity index (χ3v) is 4.99. The number of amides is 1. The fourth-order valence-electron chi connectivity index (χ4n) is 2.34. The molecule has 0 N–H and O–H groups in total. The van der Waals surface area contributed by atoms with Gasteiger partial charge in [0.15, 0.2) is 0 Å². The molecular weight excluding hydrogens is 338 g/mol. The fraction of sp³-hybridized carbons (Fsp3) is 0.278. The molecule has 7 heteroatoms. The van der Waals surface area contributed by atoms with E-state index in [1.165, 1.54) is 4.90 Å². The average Bonchev–Trinajstić information content (AvgIpc) is 2.58. The van der Waals surface area contributed by atoms with Gasteiger partial charge in [0.25, 0.3) is 0 Å². The van der Waals surface area contributed by atoms with E-state index in [1.54, 1.807) is 31.3 Å². The van der Waals surface area contributed by atoms with Gasteiger partial charge in [0.1, 0.15) is 6.54 Å². The molecule has 134 valence electrons. The van der Waals surface area contributed by atoms with Crippen LogP contribution < -0.4 is 14.1 Å². The van der Waals surface area contributed by atoms with Crippen molar-refractivity contribution in [2.45, 2.75) is 0 Å². The van der Waals surface area contributed by atoms with E-state index in [1.807, 2.05) is 49.3 Å². The smallest absolute Gasteiger partial charge is 0.247 e. The van der Waals surface area contributed by atoms with Crippen LogP contribution in [-0.4, -0.2) is 48.3 Å². The van der Waals surface area contributed by atoms with Crippen LogP contribution in [0.4, 0.5) is 17.1 Å². The van der Waals surface area contributed by atoms with Crippen LogP contribution in [-0.2, 0) is 14.8 Å². The van der Waals surface area contributed by atoms with Crippen LogP contribution in [0.15, 0.2) is 54.6 Å². The van der Waals surface area contributed by atoms with Crippen molar-refractivity contribution in [3.63, 3.8) is 0 Å². The molecule has 2 aromatic rings. The van der Waals surface area contributed by atoms with Gasteiger partial charge in [0.2, 0.25) is 15.9 Å². The zero-order valence-corrected chi connectivity index (χ0v) is 15.7. The average molecular weight is 361 g/mol. The number of benzene rings is 2. The monoisotopic (exact) mass is 361 g/mol. The van der Waals surface area contributed by atoms with Crippen molar-refractivity contribution in [1.82, 2.24) is 0 Å². The minimum absolute atomic E-state index is 0.258. The van der Waals surface area contributed by atoms with Crippen LogP contribution in [0.5, 0.6) is 0 Å². The SMILES string of the molecule is CN(C)c1ccc(N(CC(=O)N(C)c2ccccc2)S(C)(=O)=O)cc1. The Bertz CT molecular complexity index is 818. The Kier molecular flexibility index (Phi) is 5.69. The van der Waals surface area contributed by atoms with Crippen LogP contribution in [0.3, 0.4) is 0 Å². The van der Waals surface area contributed by atoms with Gasteiger partial charge in [0.05, 0.1) is 11.9 Å². The predicted octanol–water partition coefficient (Wildman–Crippen LogP) is 2.18. The number of nitrogens with zero attached hydrogens (tertiary/aromatic N) is 3. The molecule has 6 nitrogen and oxygen atoms in total. The first-order valence-corrected chi connectivity index (χ1v) is 9.61. The first-order chi connectivity index (χ1) is 11.7. The summed E-state index contributed by atoms with van der Waals surface area (Å²) in [6.07, 6.45) is 1.10. The van der Waals surface area contributed by atoms with Crippen molar-refractivity contribution >= 4 is 33.0 Å². The summed E-state index contributed by atoms with van der Waals surface area (Å²) in [6.45, 7) is -0.258. The van der Waals surface area contributed by atoms with Gasteiger partial charge < -0.3 is 9.80 Å². The Morgan fingerprint density at radius 3 is 1.84 bits per heavy atom. The van der Waals surface area contributed by atoms with Gasteiger partial charge in [-0.25, -0.2) is 8.42 Å². The Balaban J connectivity index is 2.25. The Labute approximate surface area is 149 Å². The van der Waals surface area contributed by atoms with Gasteiger partial charge in [0, 0.05) is 32.5 Å². The number of rotatable bonds is 6. The maximum Gasteiger partial charge on any atom is 0.247 e. The minimum atomic E-state index is -3.59. The standard InChI is InChI=1S/C18H23N3O3S/c1-19(2)15-10-12-17(13-11-15)21(25(4,23)24)14-18(22)20(3)16-8-6-5-7-9-16/h5-13H,14H2,1-4H3. The largest absolute Gasteiger partial charge is 0.378 e. The zero-order chi connectivity index (χ0) is 18.6. The van der Waals surface area contributed by atoms with Gasteiger partial charge in [-0.1, -0.05) is 18.2 Å². The molecule has 0 atom stereocenters. The maximum absolute atomic E-state index is 12.6. The van der Waals surface area contributed by atoms with Crippen molar-refractivity contribution in [2.24, 2.45) is 0 Å². The molecule has 25 heavy (non-hydrogen) atoms. The van der Waals surface area contributed by atoms with E-state index < -0.39 is 10.0 Å². The number of anilines is 3. The quantitative estimate of drug-likeness (QED) is 0.791.